The Kier molecular flexibility index (Phi) is 6.91. The first-order valence-corrected chi connectivity index (χ1v) is 9.67. The minimum atomic E-state index is -1.67. The van der Waals surface area contributed by atoms with E-state index in [0.29, 0.717) is 28.5 Å². The second-order valence-electron chi connectivity index (χ2n) is 5.97. The van der Waals surface area contributed by atoms with Gasteiger partial charge in [-0.3, -0.25) is 5.32 Å². The van der Waals surface area contributed by atoms with Gasteiger partial charge in [0.05, 0.1) is 19.7 Å². The number of ether oxygens (including phenoxy) is 3. The standard InChI is InChI=1S/C19H17Cl3N4O4/c1-28-15-7-13-14(8-16(15)29-2)23-10-24-17(13)25-11-3-5-12(6-4-11)26-18(27)30-9-19(20,21)22/h3-8,10H,9H2,1-2H3,(H,26,27)(H,23,24,25). The molecule has 8 nitrogen and oxygen atoms in total. The van der Waals surface area contributed by atoms with E-state index in [1.807, 2.05) is 0 Å². The van der Waals surface area contributed by atoms with Gasteiger partial charge in [-0.25, -0.2) is 14.8 Å². The number of methoxy groups -OCH3 is 2. The molecule has 0 aliphatic heterocycles. The van der Waals surface area contributed by atoms with E-state index in [0.717, 1.165) is 11.1 Å². The van der Waals surface area contributed by atoms with Crippen molar-refractivity contribution in [2.45, 2.75) is 3.79 Å². The predicted molar refractivity (Wildman–Crippen MR) is 118 cm³/mol. The number of fused-ring (bicyclic) bond motifs is 1. The molecule has 0 unspecified atom stereocenters. The summed E-state index contributed by atoms with van der Waals surface area (Å²) in [6.07, 6.45) is 0.720. The number of nitrogens with one attached hydrogen (secondary N) is 2. The molecule has 0 aliphatic carbocycles. The number of anilines is 3. The lowest BCUT2D eigenvalue weighted by Gasteiger charge is -2.13. The molecule has 1 heterocycles. The number of rotatable bonds is 6. The molecule has 0 saturated heterocycles. The van der Waals surface area contributed by atoms with Gasteiger partial charge >= 0.3 is 6.09 Å². The second-order valence-corrected chi connectivity index (χ2v) is 8.48. The van der Waals surface area contributed by atoms with Gasteiger partial charge in [-0.2, -0.15) is 0 Å². The Labute approximate surface area is 187 Å². The number of benzene rings is 2. The van der Waals surface area contributed by atoms with Crippen molar-refractivity contribution in [3.05, 3.63) is 42.7 Å². The lowest BCUT2D eigenvalue weighted by atomic mass is 10.2. The van der Waals surface area contributed by atoms with Crippen LogP contribution in [0, 0.1) is 0 Å². The summed E-state index contributed by atoms with van der Waals surface area (Å²) in [5.41, 5.74) is 1.94. The number of aromatic nitrogens is 2. The SMILES string of the molecule is COc1cc2ncnc(Nc3ccc(NC(=O)OCC(Cl)(Cl)Cl)cc3)c2cc1OC. The Morgan fingerprint density at radius 3 is 2.27 bits per heavy atom. The molecule has 158 valence electrons. The maximum Gasteiger partial charge on any atom is 0.411 e. The molecule has 3 rings (SSSR count). The van der Waals surface area contributed by atoms with Crippen LogP contribution in [0.4, 0.5) is 22.0 Å². The van der Waals surface area contributed by atoms with Crippen molar-refractivity contribution in [1.29, 1.82) is 0 Å². The van der Waals surface area contributed by atoms with Crippen molar-refractivity contribution >= 4 is 69.0 Å². The number of nitrogens with zero attached hydrogens (tertiary/aromatic N) is 2. The molecular weight excluding hydrogens is 455 g/mol. The predicted octanol–water partition coefficient (Wildman–Crippen LogP) is 5.31. The minimum Gasteiger partial charge on any atom is -0.493 e. The fourth-order valence-corrected chi connectivity index (χ4v) is 2.72. The summed E-state index contributed by atoms with van der Waals surface area (Å²) in [4.78, 5) is 20.3. The molecule has 0 saturated carbocycles. The number of amides is 1. The summed E-state index contributed by atoms with van der Waals surface area (Å²) < 4.78 is 13.8. The number of hydrogen-bond acceptors (Lipinski definition) is 7. The van der Waals surface area contributed by atoms with Crippen LogP contribution in [-0.2, 0) is 4.74 Å². The van der Waals surface area contributed by atoms with Gasteiger partial charge in [0.1, 0.15) is 18.8 Å². The van der Waals surface area contributed by atoms with Crippen molar-refractivity contribution in [2.75, 3.05) is 31.5 Å². The zero-order valence-corrected chi connectivity index (χ0v) is 18.2. The maximum absolute atomic E-state index is 11.7. The molecule has 0 radical (unpaired) electrons. The van der Waals surface area contributed by atoms with Crippen LogP contribution in [0.15, 0.2) is 42.7 Å². The monoisotopic (exact) mass is 470 g/mol. The van der Waals surface area contributed by atoms with Crippen LogP contribution >= 0.6 is 34.8 Å². The summed E-state index contributed by atoms with van der Waals surface area (Å²) >= 11 is 16.6. The molecule has 1 aromatic heterocycles. The quantitative estimate of drug-likeness (QED) is 0.470. The average molecular weight is 472 g/mol. The van der Waals surface area contributed by atoms with E-state index in [4.69, 9.17) is 49.0 Å². The molecule has 3 aromatic rings. The third-order valence-electron chi connectivity index (χ3n) is 3.90. The van der Waals surface area contributed by atoms with Crippen LogP contribution in [0.25, 0.3) is 10.9 Å². The van der Waals surface area contributed by atoms with Crippen LogP contribution in [0.2, 0.25) is 0 Å². The molecule has 0 fully saturated rings. The van der Waals surface area contributed by atoms with E-state index in [9.17, 15) is 4.79 Å². The fraction of sp³-hybridized carbons (Fsp3) is 0.211. The van der Waals surface area contributed by atoms with E-state index >= 15 is 0 Å². The highest BCUT2D eigenvalue weighted by Gasteiger charge is 2.22. The van der Waals surface area contributed by atoms with Crippen LogP contribution in [0.3, 0.4) is 0 Å². The van der Waals surface area contributed by atoms with Crippen LogP contribution in [0.1, 0.15) is 0 Å². The molecule has 30 heavy (non-hydrogen) atoms. The van der Waals surface area contributed by atoms with Gasteiger partial charge in [0.25, 0.3) is 0 Å². The Morgan fingerprint density at radius 1 is 1.00 bits per heavy atom. The topological polar surface area (TPSA) is 94.6 Å². The Hall–Kier alpha value is -2.68. The molecule has 0 atom stereocenters. The Bertz CT molecular complexity index is 1040. The number of carbonyl (C=O) groups excluding carboxylic acids is 1. The van der Waals surface area contributed by atoms with Crippen LogP contribution < -0.4 is 20.1 Å². The van der Waals surface area contributed by atoms with Gasteiger partial charge in [-0.05, 0) is 30.3 Å². The van der Waals surface area contributed by atoms with Gasteiger partial charge in [-0.1, -0.05) is 34.8 Å². The number of halogens is 3. The molecule has 0 spiro atoms. The molecule has 2 N–H and O–H groups in total. The van der Waals surface area contributed by atoms with E-state index in [-0.39, 0.29) is 6.61 Å². The number of alkyl halides is 3. The van der Waals surface area contributed by atoms with Gasteiger partial charge in [0, 0.05) is 22.8 Å². The largest absolute Gasteiger partial charge is 0.493 e. The third kappa shape index (κ3) is 5.69. The van der Waals surface area contributed by atoms with Crippen molar-refractivity contribution in [3.63, 3.8) is 0 Å². The number of hydrogen-bond donors (Lipinski definition) is 2. The average Bonchev–Trinajstić information content (AvgIpc) is 2.72. The molecule has 2 aromatic carbocycles. The van der Waals surface area contributed by atoms with Gasteiger partial charge in [0.15, 0.2) is 11.5 Å². The first-order chi connectivity index (χ1) is 14.3. The van der Waals surface area contributed by atoms with Crippen LogP contribution in [-0.4, -0.2) is 40.7 Å². The van der Waals surface area contributed by atoms with Crippen molar-refractivity contribution in [1.82, 2.24) is 9.97 Å². The highest BCUT2D eigenvalue weighted by molar-refractivity contribution is 6.67. The highest BCUT2D eigenvalue weighted by atomic mass is 35.6. The molecule has 0 bridgehead atoms. The smallest absolute Gasteiger partial charge is 0.411 e. The zero-order chi connectivity index (χ0) is 21.7. The first-order valence-electron chi connectivity index (χ1n) is 8.53. The fourth-order valence-electron chi connectivity index (χ4n) is 2.56. The Balaban J connectivity index is 1.74. The van der Waals surface area contributed by atoms with Crippen molar-refractivity contribution in [3.8, 4) is 11.5 Å². The summed E-state index contributed by atoms with van der Waals surface area (Å²) in [6, 6.07) is 10.5. The lowest BCUT2D eigenvalue weighted by molar-refractivity contribution is 0.164. The normalized spacial score (nSPS) is 11.1. The summed E-state index contributed by atoms with van der Waals surface area (Å²) in [5.74, 6) is 1.73. The third-order valence-corrected chi connectivity index (χ3v) is 4.23. The number of carbonyl (C=O) groups is 1. The van der Waals surface area contributed by atoms with Crippen LogP contribution in [0.5, 0.6) is 11.5 Å². The van der Waals surface area contributed by atoms with Gasteiger partial charge < -0.3 is 19.5 Å². The summed E-state index contributed by atoms with van der Waals surface area (Å²) in [7, 11) is 3.12. The zero-order valence-electron chi connectivity index (χ0n) is 15.9. The summed E-state index contributed by atoms with van der Waals surface area (Å²) in [6.45, 7) is -0.363. The van der Waals surface area contributed by atoms with E-state index in [1.54, 1.807) is 50.6 Å². The molecular formula is C19H17Cl3N4O4. The second kappa shape index (κ2) is 9.42. The molecule has 1 amide bonds. The molecule has 0 aliphatic rings. The van der Waals surface area contributed by atoms with Crippen molar-refractivity contribution in [2.24, 2.45) is 0 Å². The first kappa shape index (κ1) is 22.0. The summed E-state index contributed by atoms with van der Waals surface area (Å²) in [5, 5.41) is 6.52. The van der Waals surface area contributed by atoms with E-state index in [1.165, 1.54) is 6.33 Å². The Morgan fingerprint density at radius 2 is 1.63 bits per heavy atom. The maximum atomic E-state index is 11.7. The lowest BCUT2D eigenvalue weighted by Crippen LogP contribution is -2.21. The van der Waals surface area contributed by atoms with Crippen molar-refractivity contribution < 1.29 is 19.0 Å². The van der Waals surface area contributed by atoms with E-state index in [2.05, 4.69) is 20.6 Å². The van der Waals surface area contributed by atoms with E-state index < -0.39 is 9.89 Å². The minimum absolute atomic E-state index is 0.363. The van der Waals surface area contributed by atoms with Gasteiger partial charge in [-0.15, -0.1) is 0 Å². The van der Waals surface area contributed by atoms with Gasteiger partial charge in [0.2, 0.25) is 3.79 Å². The highest BCUT2D eigenvalue weighted by Crippen LogP contribution is 2.34. The molecule has 11 heteroatoms.